The highest BCUT2D eigenvalue weighted by molar-refractivity contribution is 8.00. The number of nitrogens with one attached hydrogen (secondary N) is 2. The fourth-order valence-corrected chi connectivity index (χ4v) is 4.33. The van der Waals surface area contributed by atoms with Gasteiger partial charge in [-0.1, -0.05) is 23.9 Å². The lowest BCUT2D eigenvalue weighted by molar-refractivity contribution is -0.121. The minimum absolute atomic E-state index is 0.0154. The number of ether oxygens (including phenoxy) is 1. The van der Waals surface area contributed by atoms with Crippen LogP contribution in [0.3, 0.4) is 0 Å². The number of carbonyl (C=O) groups is 2. The first kappa shape index (κ1) is 18.8. The maximum absolute atomic E-state index is 13.0. The standard InChI is InChI=1S/C18H21N5O4S/c1-11(16(25)22-10-15(24)19-13-6-2-3-7-14(13)22)28-18-21-20-17(26)23(18)9-12-5-4-8-27-12/h2-3,6-7,11-12H,4-5,8-10H2,1H3,(H,19,24)(H,20,26)/t11-,12-/m0/s1. The molecule has 0 radical (unpaired) electrons. The van der Waals surface area contributed by atoms with Crippen LogP contribution in [-0.2, 0) is 20.9 Å². The Morgan fingerprint density at radius 2 is 2.21 bits per heavy atom. The molecule has 3 heterocycles. The van der Waals surface area contributed by atoms with E-state index in [2.05, 4.69) is 15.5 Å². The minimum atomic E-state index is -0.530. The number of nitrogens with zero attached hydrogens (tertiary/aromatic N) is 3. The summed E-state index contributed by atoms with van der Waals surface area (Å²) in [7, 11) is 0. The van der Waals surface area contributed by atoms with Crippen molar-refractivity contribution < 1.29 is 14.3 Å². The number of anilines is 2. The third-order valence-electron chi connectivity index (χ3n) is 4.80. The second-order valence-electron chi connectivity index (χ2n) is 6.81. The maximum Gasteiger partial charge on any atom is 0.344 e. The van der Waals surface area contributed by atoms with E-state index in [0.717, 1.165) is 12.8 Å². The normalized spacial score (nSPS) is 20.0. The number of thioether (sulfide) groups is 1. The average molecular weight is 403 g/mol. The first-order valence-electron chi connectivity index (χ1n) is 9.16. The fraction of sp³-hybridized carbons (Fsp3) is 0.444. The van der Waals surface area contributed by atoms with Gasteiger partial charge in [0.05, 0.1) is 29.3 Å². The van der Waals surface area contributed by atoms with Gasteiger partial charge < -0.3 is 10.1 Å². The highest BCUT2D eigenvalue weighted by atomic mass is 32.2. The van der Waals surface area contributed by atoms with Crippen LogP contribution < -0.4 is 15.9 Å². The van der Waals surface area contributed by atoms with E-state index in [9.17, 15) is 14.4 Å². The van der Waals surface area contributed by atoms with Gasteiger partial charge in [0, 0.05) is 6.61 Å². The molecule has 10 heteroatoms. The van der Waals surface area contributed by atoms with Crippen LogP contribution in [0.5, 0.6) is 0 Å². The molecule has 0 spiro atoms. The number of rotatable bonds is 5. The molecular weight excluding hydrogens is 382 g/mol. The lowest BCUT2D eigenvalue weighted by Crippen LogP contribution is -2.45. The molecule has 148 valence electrons. The summed E-state index contributed by atoms with van der Waals surface area (Å²) in [5.41, 5.74) is 0.957. The highest BCUT2D eigenvalue weighted by Crippen LogP contribution is 2.31. The molecule has 28 heavy (non-hydrogen) atoms. The van der Waals surface area contributed by atoms with Gasteiger partial charge >= 0.3 is 5.69 Å². The van der Waals surface area contributed by atoms with E-state index < -0.39 is 5.25 Å². The van der Waals surface area contributed by atoms with Gasteiger partial charge in [0.15, 0.2) is 5.16 Å². The largest absolute Gasteiger partial charge is 0.376 e. The Hall–Kier alpha value is -2.59. The monoisotopic (exact) mass is 403 g/mol. The molecule has 2 aliphatic rings. The number of para-hydroxylation sites is 2. The van der Waals surface area contributed by atoms with Gasteiger partial charge in [-0.15, -0.1) is 5.10 Å². The zero-order valence-electron chi connectivity index (χ0n) is 15.4. The Morgan fingerprint density at radius 1 is 1.39 bits per heavy atom. The number of hydrogen-bond donors (Lipinski definition) is 2. The molecule has 2 aromatic rings. The molecule has 1 fully saturated rings. The first-order chi connectivity index (χ1) is 13.5. The summed E-state index contributed by atoms with van der Waals surface area (Å²) in [6.45, 7) is 2.82. The van der Waals surface area contributed by atoms with Crippen LogP contribution in [0, 0.1) is 0 Å². The fourth-order valence-electron chi connectivity index (χ4n) is 3.40. The van der Waals surface area contributed by atoms with Crippen molar-refractivity contribution >= 4 is 35.0 Å². The van der Waals surface area contributed by atoms with Crippen LogP contribution in [0.25, 0.3) is 0 Å². The number of carbonyl (C=O) groups excluding carboxylic acids is 2. The van der Waals surface area contributed by atoms with Crippen LogP contribution in [0.2, 0.25) is 0 Å². The zero-order valence-corrected chi connectivity index (χ0v) is 16.2. The highest BCUT2D eigenvalue weighted by Gasteiger charge is 2.31. The quantitative estimate of drug-likeness (QED) is 0.727. The molecule has 2 amide bonds. The summed E-state index contributed by atoms with van der Waals surface area (Å²) in [5.74, 6) is -0.453. The molecule has 1 aromatic carbocycles. The Bertz CT molecular complexity index is 949. The molecule has 9 nitrogen and oxygen atoms in total. The second-order valence-corrected chi connectivity index (χ2v) is 8.11. The SMILES string of the molecule is C[C@H](Sc1n[nH]c(=O)n1C[C@@H]1CCCO1)C(=O)N1CC(=O)Nc2ccccc21. The number of hydrogen-bond acceptors (Lipinski definition) is 6. The summed E-state index contributed by atoms with van der Waals surface area (Å²) in [4.78, 5) is 38.6. The molecule has 2 atom stereocenters. The van der Waals surface area contributed by atoms with Crippen molar-refractivity contribution in [1.29, 1.82) is 0 Å². The smallest absolute Gasteiger partial charge is 0.344 e. The third kappa shape index (κ3) is 3.69. The number of benzene rings is 1. The van der Waals surface area contributed by atoms with Crippen molar-refractivity contribution in [1.82, 2.24) is 14.8 Å². The van der Waals surface area contributed by atoms with Gasteiger partial charge in [0.25, 0.3) is 0 Å². The summed E-state index contributed by atoms with van der Waals surface area (Å²) < 4.78 is 7.12. The number of H-pyrrole nitrogens is 1. The van der Waals surface area contributed by atoms with E-state index in [4.69, 9.17) is 4.74 Å². The van der Waals surface area contributed by atoms with Crippen molar-refractivity contribution in [3.05, 3.63) is 34.7 Å². The predicted octanol–water partition coefficient (Wildman–Crippen LogP) is 1.22. The molecule has 0 aliphatic carbocycles. The van der Waals surface area contributed by atoms with Crippen LogP contribution in [-0.4, -0.2) is 51.1 Å². The molecule has 2 N–H and O–H groups in total. The zero-order chi connectivity index (χ0) is 19.7. The number of amides is 2. The van der Waals surface area contributed by atoms with Crippen molar-refractivity contribution in [2.24, 2.45) is 0 Å². The van der Waals surface area contributed by atoms with Crippen LogP contribution in [0.15, 0.2) is 34.2 Å². The first-order valence-corrected chi connectivity index (χ1v) is 10.0. The Labute approximate surface area is 165 Å². The molecular formula is C18H21N5O4S. The number of aromatic nitrogens is 3. The summed E-state index contributed by atoms with van der Waals surface area (Å²) in [5, 5.41) is 9.20. The number of aromatic amines is 1. The van der Waals surface area contributed by atoms with Crippen LogP contribution >= 0.6 is 11.8 Å². The van der Waals surface area contributed by atoms with E-state index >= 15 is 0 Å². The molecule has 0 bridgehead atoms. The van der Waals surface area contributed by atoms with Gasteiger partial charge in [0.1, 0.15) is 6.54 Å². The summed E-state index contributed by atoms with van der Waals surface area (Å²) in [6.07, 6.45) is 1.86. The van der Waals surface area contributed by atoms with E-state index in [0.29, 0.717) is 29.7 Å². The van der Waals surface area contributed by atoms with Crippen molar-refractivity contribution in [2.75, 3.05) is 23.4 Å². The minimum Gasteiger partial charge on any atom is -0.376 e. The van der Waals surface area contributed by atoms with Crippen molar-refractivity contribution in [3.63, 3.8) is 0 Å². The van der Waals surface area contributed by atoms with Crippen molar-refractivity contribution in [3.8, 4) is 0 Å². The summed E-state index contributed by atoms with van der Waals surface area (Å²) >= 11 is 1.19. The Kier molecular flexibility index (Phi) is 5.23. The van der Waals surface area contributed by atoms with Gasteiger partial charge in [-0.25, -0.2) is 9.89 Å². The lowest BCUT2D eigenvalue weighted by Gasteiger charge is -2.30. The average Bonchev–Trinajstić information content (AvgIpc) is 3.32. The van der Waals surface area contributed by atoms with Gasteiger partial charge in [-0.05, 0) is 31.9 Å². The number of fused-ring (bicyclic) bond motifs is 1. The molecule has 4 rings (SSSR count). The second kappa shape index (κ2) is 7.80. The molecule has 2 aliphatic heterocycles. The summed E-state index contributed by atoms with van der Waals surface area (Å²) in [6, 6.07) is 7.18. The topological polar surface area (TPSA) is 109 Å². The Balaban J connectivity index is 1.51. The molecule has 0 unspecified atom stereocenters. The third-order valence-corrected chi connectivity index (χ3v) is 5.88. The van der Waals surface area contributed by atoms with E-state index in [1.54, 1.807) is 25.1 Å². The van der Waals surface area contributed by atoms with E-state index in [1.165, 1.54) is 21.2 Å². The van der Waals surface area contributed by atoms with Gasteiger partial charge in [0.2, 0.25) is 11.8 Å². The van der Waals surface area contributed by atoms with Gasteiger partial charge in [-0.2, -0.15) is 0 Å². The maximum atomic E-state index is 13.0. The lowest BCUT2D eigenvalue weighted by atomic mass is 10.2. The molecule has 1 aromatic heterocycles. The Morgan fingerprint density at radius 3 is 3.00 bits per heavy atom. The molecule has 0 saturated carbocycles. The molecule has 1 saturated heterocycles. The van der Waals surface area contributed by atoms with E-state index in [1.807, 2.05) is 6.07 Å². The predicted molar refractivity (Wildman–Crippen MR) is 105 cm³/mol. The van der Waals surface area contributed by atoms with E-state index in [-0.39, 0.29) is 30.2 Å². The van der Waals surface area contributed by atoms with Crippen molar-refractivity contribution in [2.45, 2.75) is 42.8 Å². The van der Waals surface area contributed by atoms with Gasteiger partial charge in [-0.3, -0.25) is 19.1 Å². The van der Waals surface area contributed by atoms with Crippen LogP contribution in [0.4, 0.5) is 11.4 Å². The van der Waals surface area contributed by atoms with Crippen LogP contribution in [0.1, 0.15) is 19.8 Å².